The number of nitriles is 1. The van der Waals surface area contributed by atoms with Crippen LogP contribution in [0.4, 0.5) is 0 Å². The number of benzene rings is 2. The predicted octanol–water partition coefficient (Wildman–Crippen LogP) is 3.71. The van der Waals surface area contributed by atoms with Crippen LogP contribution in [0.25, 0.3) is 22.5 Å². The lowest BCUT2D eigenvalue weighted by Gasteiger charge is -2.07. The van der Waals surface area contributed by atoms with Crippen LogP contribution in [0.3, 0.4) is 0 Å². The minimum Gasteiger partial charge on any atom is -0.491 e. The summed E-state index contributed by atoms with van der Waals surface area (Å²) in [6.45, 7) is 1.11. The molecular formula is C20H17N3O2. The molecular weight excluding hydrogens is 314 g/mol. The van der Waals surface area contributed by atoms with Gasteiger partial charge in [0.05, 0.1) is 12.2 Å². The molecule has 0 aliphatic carbocycles. The first-order valence-corrected chi connectivity index (χ1v) is 7.85. The molecule has 2 aromatic carbocycles. The Bertz CT molecular complexity index is 851. The van der Waals surface area contributed by atoms with Gasteiger partial charge < -0.3 is 9.47 Å². The third-order valence-electron chi connectivity index (χ3n) is 3.67. The maximum absolute atomic E-state index is 8.80. The molecule has 0 atom stereocenters. The van der Waals surface area contributed by atoms with E-state index in [0.29, 0.717) is 24.6 Å². The third kappa shape index (κ3) is 4.19. The molecule has 0 fully saturated rings. The molecule has 0 radical (unpaired) electrons. The van der Waals surface area contributed by atoms with Crippen LogP contribution in [0.5, 0.6) is 5.75 Å². The molecule has 0 spiro atoms. The Hall–Kier alpha value is -3.23. The first-order chi connectivity index (χ1) is 12.3. The van der Waals surface area contributed by atoms with Crippen LogP contribution >= 0.6 is 0 Å². The van der Waals surface area contributed by atoms with Gasteiger partial charge in [-0.15, -0.1) is 0 Å². The number of nitrogens with zero attached hydrogens (tertiary/aromatic N) is 3. The van der Waals surface area contributed by atoms with Crippen molar-refractivity contribution in [2.75, 3.05) is 20.3 Å². The second-order valence-corrected chi connectivity index (χ2v) is 5.35. The average Bonchev–Trinajstić information content (AvgIpc) is 2.69. The molecule has 5 heteroatoms. The predicted molar refractivity (Wildman–Crippen MR) is 95.0 cm³/mol. The van der Waals surface area contributed by atoms with Crippen LogP contribution < -0.4 is 4.74 Å². The van der Waals surface area contributed by atoms with E-state index in [1.165, 1.54) is 12.4 Å². The molecule has 0 saturated heterocycles. The van der Waals surface area contributed by atoms with E-state index in [1.54, 1.807) is 7.11 Å². The quantitative estimate of drug-likeness (QED) is 0.644. The first-order valence-electron chi connectivity index (χ1n) is 7.85. The summed E-state index contributed by atoms with van der Waals surface area (Å²) in [6.07, 6.45) is 3.05. The van der Waals surface area contributed by atoms with Gasteiger partial charge in [-0.2, -0.15) is 5.26 Å². The molecule has 3 rings (SSSR count). The molecule has 0 bridgehead atoms. The number of aromatic nitrogens is 2. The van der Waals surface area contributed by atoms with E-state index in [4.69, 9.17) is 14.7 Å². The van der Waals surface area contributed by atoms with E-state index in [2.05, 4.69) is 9.97 Å². The van der Waals surface area contributed by atoms with Gasteiger partial charge in [0, 0.05) is 25.1 Å². The molecule has 0 aliphatic heterocycles. The zero-order valence-corrected chi connectivity index (χ0v) is 13.8. The van der Waals surface area contributed by atoms with Crippen molar-refractivity contribution in [3.8, 4) is 34.3 Å². The van der Waals surface area contributed by atoms with Crippen molar-refractivity contribution in [1.82, 2.24) is 9.97 Å². The van der Waals surface area contributed by atoms with Gasteiger partial charge in [-0.25, -0.2) is 9.97 Å². The summed E-state index contributed by atoms with van der Waals surface area (Å²) in [5, 5.41) is 8.80. The normalized spacial score (nSPS) is 10.2. The third-order valence-corrected chi connectivity index (χ3v) is 3.67. The molecule has 0 N–H and O–H groups in total. The van der Waals surface area contributed by atoms with E-state index >= 15 is 0 Å². The highest BCUT2D eigenvalue weighted by Crippen LogP contribution is 2.25. The highest BCUT2D eigenvalue weighted by Gasteiger charge is 2.03. The summed E-state index contributed by atoms with van der Waals surface area (Å²) in [7, 11) is 1.65. The van der Waals surface area contributed by atoms with Crippen molar-refractivity contribution in [2.45, 2.75) is 0 Å². The second kappa shape index (κ2) is 8.04. The summed E-state index contributed by atoms with van der Waals surface area (Å²) in [5.74, 6) is 1.43. The number of ether oxygens (including phenoxy) is 2. The highest BCUT2D eigenvalue weighted by atomic mass is 16.5. The van der Waals surface area contributed by atoms with Gasteiger partial charge in [-0.1, -0.05) is 36.4 Å². The SMILES string of the molecule is COCCOc1ccc(-c2ccc(-c3ncc(C#N)cn3)cc2)cc1. The Labute approximate surface area is 146 Å². The maximum atomic E-state index is 8.80. The molecule has 5 nitrogen and oxygen atoms in total. The zero-order chi connectivity index (χ0) is 17.5. The molecule has 0 amide bonds. The van der Waals surface area contributed by atoms with Crippen LogP contribution in [0.15, 0.2) is 60.9 Å². The molecule has 0 saturated carbocycles. The average molecular weight is 331 g/mol. The minimum atomic E-state index is 0.452. The maximum Gasteiger partial charge on any atom is 0.159 e. The van der Waals surface area contributed by atoms with Crippen molar-refractivity contribution in [3.05, 3.63) is 66.5 Å². The largest absolute Gasteiger partial charge is 0.491 e. The van der Waals surface area contributed by atoms with E-state index in [0.717, 1.165) is 22.4 Å². The van der Waals surface area contributed by atoms with E-state index in [-0.39, 0.29) is 0 Å². The summed E-state index contributed by atoms with van der Waals surface area (Å²) in [4.78, 5) is 8.42. The topological polar surface area (TPSA) is 68.0 Å². The lowest BCUT2D eigenvalue weighted by atomic mass is 10.0. The fourth-order valence-corrected chi connectivity index (χ4v) is 2.33. The summed E-state index contributed by atoms with van der Waals surface area (Å²) >= 11 is 0. The Morgan fingerprint density at radius 3 is 1.96 bits per heavy atom. The van der Waals surface area contributed by atoms with Crippen LogP contribution in [0.2, 0.25) is 0 Å². The van der Waals surface area contributed by atoms with Crippen molar-refractivity contribution in [2.24, 2.45) is 0 Å². The monoisotopic (exact) mass is 331 g/mol. The van der Waals surface area contributed by atoms with Gasteiger partial charge in [0.15, 0.2) is 5.82 Å². The second-order valence-electron chi connectivity index (χ2n) is 5.35. The van der Waals surface area contributed by atoms with Gasteiger partial charge in [-0.05, 0) is 23.3 Å². The van der Waals surface area contributed by atoms with Crippen LogP contribution in [0, 0.1) is 11.3 Å². The zero-order valence-electron chi connectivity index (χ0n) is 13.8. The van der Waals surface area contributed by atoms with Gasteiger partial charge in [0.1, 0.15) is 18.4 Å². The van der Waals surface area contributed by atoms with Crippen LogP contribution in [0.1, 0.15) is 5.56 Å². The smallest absolute Gasteiger partial charge is 0.159 e. The van der Waals surface area contributed by atoms with Crippen molar-refractivity contribution in [3.63, 3.8) is 0 Å². The molecule has 1 aromatic heterocycles. The Balaban J connectivity index is 1.72. The minimum absolute atomic E-state index is 0.452. The van der Waals surface area contributed by atoms with E-state index < -0.39 is 0 Å². The number of rotatable bonds is 6. The van der Waals surface area contributed by atoms with Gasteiger partial charge in [0.2, 0.25) is 0 Å². The fraction of sp³-hybridized carbons (Fsp3) is 0.150. The fourth-order valence-electron chi connectivity index (χ4n) is 2.33. The molecule has 124 valence electrons. The van der Waals surface area contributed by atoms with Gasteiger partial charge >= 0.3 is 0 Å². The molecule has 25 heavy (non-hydrogen) atoms. The Morgan fingerprint density at radius 1 is 0.840 bits per heavy atom. The molecule has 1 heterocycles. The van der Waals surface area contributed by atoms with Crippen molar-refractivity contribution in [1.29, 1.82) is 5.26 Å². The lowest BCUT2D eigenvalue weighted by Crippen LogP contribution is -2.03. The standard InChI is InChI=1S/C20H17N3O2/c1-24-10-11-25-19-8-6-17(7-9-19)16-2-4-18(5-3-16)20-22-13-15(12-21)14-23-20/h2-9,13-14H,10-11H2,1H3. The number of hydrogen-bond donors (Lipinski definition) is 0. The van der Waals surface area contributed by atoms with Crippen LogP contribution in [-0.2, 0) is 4.74 Å². The lowest BCUT2D eigenvalue weighted by molar-refractivity contribution is 0.146. The number of methoxy groups -OCH3 is 1. The molecule has 3 aromatic rings. The summed E-state index contributed by atoms with van der Waals surface area (Å²) in [5.41, 5.74) is 3.56. The van der Waals surface area contributed by atoms with Gasteiger partial charge in [0.25, 0.3) is 0 Å². The van der Waals surface area contributed by atoms with Crippen molar-refractivity contribution < 1.29 is 9.47 Å². The van der Waals surface area contributed by atoms with E-state index in [9.17, 15) is 0 Å². The highest BCUT2D eigenvalue weighted by molar-refractivity contribution is 5.68. The Kier molecular flexibility index (Phi) is 5.35. The summed E-state index contributed by atoms with van der Waals surface area (Å²) in [6, 6.07) is 17.9. The van der Waals surface area contributed by atoms with Gasteiger partial charge in [-0.3, -0.25) is 0 Å². The van der Waals surface area contributed by atoms with Crippen LogP contribution in [-0.4, -0.2) is 30.3 Å². The molecule has 0 aliphatic rings. The number of hydrogen-bond acceptors (Lipinski definition) is 5. The molecule has 0 unspecified atom stereocenters. The Morgan fingerprint density at radius 2 is 1.40 bits per heavy atom. The van der Waals surface area contributed by atoms with E-state index in [1.807, 2.05) is 54.6 Å². The van der Waals surface area contributed by atoms with Crippen molar-refractivity contribution >= 4 is 0 Å². The first kappa shape index (κ1) is 16.6. The summed E-state index contributed by atoms with van der Waals surface area (Å²) < 4.78 is 10.5.